The van der Waals surface area contributed by atoms with Crippen LogP contribution in [0.5, 0.6) is 0 Å². The first kappa shape index (κ1) is 22.7. The quantitative estimate of drug-likeness (QED) is 0.389. The van der Waals surface area contributed by atoms with Gasteiger partial charge in [-0.1, -0.05) is 55.8 Å². The second kappa shape index (κ2) is 9.19. The Bertz CT molecular complexity index is 1420. The van der Waals surface area contributed by atoms with Crippen molar-refractivity contribution in [2.75, 3.05) is 6.26 Å². The van der Waals surface area contributed by atoms with Gasteiger partial charge in [0.1, 0.15) is 5.82 Å². The first-order valence-electron chi connectivity index (χ1n) is 10.9. The molecule has 0 aliphatic rings. The Labute approximate surface area is 193 Å². The number of fused-ring (bicyclic) bond motifs is 1. The fourth-order valence-corrected chi connectivity index (χ4v) is 4.62. The number of aromatic carboxylic acids is 1. The van der Waals surface area contributed by atoms with E-state index in [1.807, 2.05) is 30.3 Å². The number of hydrogen-bond donors (Lipinski definition) is 1. The molecule has 4 aromatic rings. The summed E-state index contributed by atoms with van der Waals surface area (Å²) in [5.74, 6) is -0.0281. The SMILES string of the molecule is CCCCc1nc2ccc(S(C)(=O)=O)cc2n1Cc1ccc(-c2ccccc2C(=O)O)cc1. The van der Waals surface area contributed by atoms with Crippen molar-refractivity contribution in [2.45, 2.75) is 37.6 Å². The van der Waals surface area contributed by atoms with Crippen LogP contribution in [0.2, 0.25) is 0 Å². The van der Waals surface area contributed by atoms with Gasteiger partial charge in [0.25, 0.3) is 0 Å². The number of aromatic nitrogens is 2. The number of sulfone groups is 1. The van der Waals surface area contributed by atoms with Gasteiger partial charge in [0.2, 0.25) is 0 Å². The standard InChI is InChI=1S/C26H26N2O4S/c1-3-4-9-25-27-23-15-14-20(33(2,31)32)16-24(23)28(25)17-18-10-12-19(13-11-18)21-7-5-6-8-22(21)26(29)30/h5-8,10-16H,3-4,9,17H2,1-2H3,(H,29,30). The molecule has 170 valence electrons. The molecule has 0 amide bonds. The van der Waals surface area contributed by atoms with Gasteiger partial charge in [0.05, 0.1) is 21.5 Å². The maximum absolute atomic E-state index is 12.1. The van der Waals surface area contributed by atoms with Crippen LogP contribution in [0.1, 0.15) is 41.5 Å². The smallest absolute Gasteiger partial charge is 0.336 e. The number of benzene rings is 3. The van der Waals surface area contributed by atoms with Crippen LogP contribution in [0.25, 0.3) is 22.2 Å². The van der Waals surface area contributed by atoms with Crippen LogP contribution in [-0.4, -0.2) is 35.3 Å². The van der Waals surface area contributed by atoms with Crippen LogP contribution in [-0.2, 0) is 22.8 Å². The molecule has 0 unspecified atom stereocenters. The van der Waals surface area contributed by atoms with Crippen LogP contribution in [0.15, 0.2) is 71.6 Å². The molecule has 0 saturated heterocycles. The largest absolute Gasteiger partial charge is 0.478 e. The summed E-state index contributed by atoms with van der Waals surface area (Å²) in [7, 11) is -3.33. The van der Waals surface area contributed by atoms with Crippen LogP contribution in [0.4, 0.5) is 0 Å². The van der Waals surface area contributed by atoms with E-state index in [1.54, 1.807) is 36.4 Å². The number of hydrogen-bond acceptors (Lipinski definition) is 4. The minimum Gasteiger partial charge on any atom is -0.478 e. The first-order chi connectivity index (χ1) is 15.8. The molecule has 0 fully saturated rings. The fraction of sp³-hybridized carbons (Fsp3) is 0.231. The Hall–Kier alpha value is -3.45. The highest BCUT2D eigenvalue weighted by molar-refractivity contribution is 7.90. The predicted molar refractivity (Wildman–Crippen MR) is 129 cm³/mol. The number of unbranched alkanes of at least 4 members (excludes halogenated alkanes) is 1. The van der Waals surface area contributed by atoms with Crippen LogP contribution >= 0.6 is 0 Å². The van der Waals surface area contributed by atoms with Crippen molar-refractivity contribution in [1.82, 2.24) is 9.55 Å². The van der Waals surface area contributed by atoms with Gasteiger partial charge in [-0.25, -0.2) is 18.2 Å². The molecule has 0 aliphatic carbocycles. The van der Waals surface area contributed by atoms with Gasteiger partial charge in [0.15, 0.2) is 9.84 Å². The molecule has 7 heteroatoms. The third-order valence-electron chi connectivity index (χ3n) is 5.74. The molecule has 0 radical (unpaired) electrons. The van der Waals surface area contributed by atoms with Crippen molar-refractivity contribution in [3.05, 3.63) is 83.7 Å². The van der Waals surface area contributed by atoms with Crippen LogP contribution in [0, 0.1) is 0 Å². The van der Waals surface area contributed by atoms with Gasteiger partial charge < -0.3 is 9.67 Å². The Morgan fingerprint density at radius 3 is 2.42 bits per heavy atom. The van der Waals surface area contributed by atoms with Gasteiger partial charge in [-0.05, 0) is 47.4 Å². The van der Waals surface area contributed by atoms with Gasteiger partial charge >= 0.3 is 5.97 Å². The van der Waals surface area contributed by atoms with Crippen LogP contribution in [0.3, 0.4) is 0 Å². The lowest BCUT2D eigenvalue weighted by molar-refractivity contribution is 0.0697. The van der Waals surface area contributed by atoms with E-state index in [0.29, 0.717) is 12.1 Å². The summed E-state index contributed by atoms with van der Waals surface area (Å²) in [5, 5.41) is 9.48. The molecule has 1 N–H and O–H groups in total. The van der Waals surface area contributed by atoms with E-state index in [9.17, 15) is 18.3 Å². The van der Waals surface area contributed by atoms with Crippen molar-refractivity contribution in [2.24, 2.45) is 0 Å². The molecule has 0 spiro atoms. The molecule has 33 heavy (non-hydrogen) atoms. The summed E-state index contributed by atoms with van der Waals surface area (Å²) < 4.78 is 26.3. The number of aryl methyl sites for hydroxylation is 1. The highest BCUT2D eigenvalue weighted by Crippen LogP contribution is 2.26. The molecular formula is C26H26N2O4S. The van der Waals surface area contributed by atoms with E-state index < -0.39 is 15.8 Å². The summed E-state index contributed by atoms with van der Waals surface area (Å²) in [5.41, 5.74) is 4.36. The highest BCUT2D eigenvalue weighted by Gasteiger charge is 2.16. The first-order valence-corrected chi connectivity index (χ1v) is 12.8. The fourth-order valence-electron chi connectivity index (χ4n) is 3.98. The van der Waals surface area contributed by atoms with Crippen molar-refractivity contribution in [3.63, 3.8) is 0 Å². The Kier molecular flexibility index (Phi) is 6.33. The van der Waals surface area contributed by atoms with E-state index in [4.69, 9.17) is 4.98 Å². The lowest BCUT2D eigenvalue weighted by Crippen LogP contribution is -2.06. The van der Waals surface area contributed by atoms with Crippen molar-refractivity contribution >= 4 is 26.8 Å². The normalized spacial score (nSPS) is 11.7. The molecule has 3 aromatic carbocycles. The zero-order valence-corrected chi connectivity index (χ0v) is 19.5. The number of imidazole rings is 1. The molecule has 1 aromatic heterocycles. The van der Waals surface area contributed by atoms with E-state index in [-0.39, 0.29) is 10.5 Å². The molecule has 0 aliphatic heterocycles. The average Bonchev–Trinajstić information content (AvgIpc) is 3.14. The summed E-state index contributed by atoms with van der Waals surface area (Å²) in [4.78, 5) is 16.6. The summed E-state index contributed by atoms with van der Waals surface area (Å²) in [6, 6.07) is 19.8. The van der Waals surface area contributed by atoms with Crippen LogP contribution < -0.4 is 0 Å². The summed E-state index contributed by atoms with van der Waals surface area (Å²) >= 11 is 0. The average molecular weight is 463 g/mol. The summed E-state index contributed by atoms with van der Waals surface area (Å²) in [6.07, 6.45) is 4.05. The Morgan fingerprint density at radius 2 is 1.76 bits per heavy atom. The van der Waals surface area contributed by atoms with Crippen molar-refractivity contribution < 1.29 is 18.3 Å². The molecule has 0 saturated carbocycles. The van der Waals surface area contributed by atoms with Gasteiger partial charge in [-0.15, -0.1) is 0 Å². The van der Waals surface area contributed by atoms with Gasteiger partial charge in [-0.3, -0.25) is 0 Å². The van der Waals surface area contributed by atoms with E-state index in [0.717, 1.165) is 47.2 Å². The number of carbonyl (C=O) groups is 1. The van der Waals surface area contributed by atoms with Gasteiger partial charge in [-0.2, -0.15) is 0 Å². The third kappa shape index (κ3) is 4.83. The summed E-state index contributed by atoms with van der Waals surface area (Å²) in [6.45, 7) is 2.67. The Morgan fingerprint density at radius 1 is 1.03 bits per heavy atom. The maximum atomic E-state index is 12.1. The minimum absolute atomic E-state index is 0.265. The lowest BCUT2D eigenvalue weighted by atomic mass is 9.99. The number of nitrogens with zero attached hydrogens (tertiary/aromatic N) is 2. The highest BCUT2D eigenvalue weighted by atomic mass is 32.2. The monoisotopic (exact) mass is 462 g/mol. The topological polar surface area (TPSA) is 89.3 Å². The van der Waals surface area contributed by atoms with E-state index in [1.165, 1.54) is 6.26 Å². The zero-order chi connectivity index (χ0) is 23.6. The third-order valence-corrected chi connectivity index (χ3v) is 6.85. The lowest BCUT2D eigenvalue weighted by Gasteiger charge is -2.11. The second-order valence-electron chi connectivity index (χ2n) is 8.19. The van der Waals surface area contributed by atoms with E-state index in [2.05, 4.69) is 11.5 Å². The number of carboxylic acid groups (broad SMARTS) is 1. The maximum Gasteiger partial charge on any atom is 0.336 e. The molecule has 1 heterocycles. The minimum atomic E-state index is -3.33. The number of carboxylic acids is 1. The van der Waals surface area contributed by atoms with Crippen molar-refractivity contribution in [3.8, 4) is 11.1 Å². The molecule has 4 rings (SSSR count). The predicted octanol–water partition coefficient (Wildman–Crippen LogP) is 5.20. The van der Waals surface area contributed by atoms with Gasteiger partial charge in [0, 0.05) is 19.2 Å². The Balaban J connectivity index is 1.73. The molecular weight excluding hydrogens is 436 g/mol. The number of rotatable bonds is 8. The zero-order valence-electron chi connectivity index (χ0n) is 18.7. The second-order valence-corrected chi connectivity index (χ2v) is 10.2. The molecule has 0 bridgehead atoms. The molecule has 6 nitrogen and oxygen atoms in total. The van der Waals surface area contributed by atoms with E-state index >= 15 is 0 Å². The molecule has 0 atom stereocenters. The van der Waals surface area contributed by atoms with Crippen molar-refractivity contribution in [1.29, 1.82) is 0 Å².